The van der Waals surface area contributed by atoms with Gasteiger partial charge in [-0.3, -0.25) is 14.9 Å². The molecule has 6 nitrogen and oxygen atoms in total. The number of benzene rings is 1. The first-order valence-electron chi connectivity index (χ1n) is 7.01. The standard InChI is InChI=1S/C15H19N3O3/c1-4-17-12-8-6-5-7-11(12)13(16-9-10(2)3)14(15(17)19)18(20)21/h5-8,10,16H,4,9H2,1-3H3. The van der Waals surface area contributed by atoms with Gasteiger partial charge in [0.15, 0.2) is 0 Å². The number of hydrogen-bond donors (Lipinski definition) is 1. The van der Waals surface area contributed by atoms with Crippen molar-refractivity contribution >= 4 is 22.3 Å². The van der Waals surface area contributed by atoms with Crippen LogP contribution in [0.15, 0.2) is 29.1 Å². The first kappa shape index (κ1) is 15.0. The van der Waals surface area contributed by atoms with E-state index < -0.39 is 10.5 Å². The number of fused-ring (bicyclic) bond motifs is 1. The Morgan fingerprint density at radius 1 is 1.33 bits per heavy atom. The van der Waals surface area contributed by atoms with E-state index in [-0.39, 0.29) is 5.69 Å². The smallest absolute Gasteiger partial charge is 0.357 e. The molecule has 0 aliphatic heterocycles. The predicted molar refractivity (Wildman–Crippen MR) is 83.9 cm³/mol. The molecular formula is C15H19N3O3. The summed E-state index contributed by atoms with van der Waals surface area (Å²) in [5, 5.41) is 15.1. The van der Waals surface area contributed by atoms with Crippen LogP contribution in [0.2, 0.25) is 0 Å². The maximum Gasteiger partial charge on any atom is 0.357 e. The lowest BCUT2D eigenvalue weighted by atomic mass is 10.1. The summed E-state index contributed by atoms with van der Waals surface area (Å²) < 4.78 is 1.44. The Bertz CT molecular complexity index is 735. The second-order valence-corrected chi connectivity index (χ2v) is 5.32. The van der Waals surface area contributed by atoms with Crippen molar-refractivity contribution in [2.45, 2.75) is 27.3 Å². The van der Waals surface area contributed by atoms with Gasteiger partial charge in [-0.25, -0.2) is 0 Å². The van der Waals surface area contributed by atoms with Gasteiger partial charge in [-0.2, -0.15) is 0 Å². The Kier molecular flexibility index (Phi) is 4.26. The Balaban J connectivity index is 2.82. The average Bonchev–Trinajstić information content (AvgIpc) is 2.44. The Hall–Kier alpha value is -2.37. The van der Waals surface area contributed by atoms with Crippen LogP contribution in [0.1, 0.15) is 20.8 Å². The molecule has 0 radical (unpaired) electrons. The van der Waals surface area contributed by atoms with E-state index in [1.165, 1.54) is 4.57 Å². The third kappa shape index (κ3) is 2.74. The SMILES string of the molecule is CCn1c(=O)c([N+](=O)[O-])c(NCC(C)C)c2ccccc21. The minimum atomic E-state index is -0.594. The molecule has 1 heterocycles. The van der Waals surface area contributed by atoms with Gasteiger partial charge in [0.25, 0.3) is 0 Å². The fraction of sp³-hybridized carbons (Fsp3) is 0.400. The van der Waals surface area contributed by atoms with Crippen molar-refractivity contribution in [2.75, 3.05) is 11.9 Å². The predicted octanol–water partition coefficient (Wildman–Crippen LogP) is 3.00. The largest absolute Gasteiger partial charge is 0.378 e. The van der Waals surface area contributed by atoms with Crippen molar-refractivity contribution < 1.29 is 4.92 Å². The molecule has 0 amide bonds. The van der Waals surface area contributed by atoms with Gasteiger partial charge >= 0.3 is 11.2 Å². The minimum Gasteiger partial charge on any atom is -0.378 e. The molecule has 112 valence electrons. The van der Waals surface area contributed by atoms with E-state index in [0.29, 0.717) is 35.6 Å². The van der Waals surface area contributed by atoms with E-state index in [4.69, 9.17) is 0 Å². The number of rotatable bonds is 5. The van der Waals surface area contributed by atoms with Gasteiger partial charge in [-0.15, -0.1) is 0 Å². The lowest BCUT2D eigenvalue weighted by Crippen LogP contribution is -2.25. The van der Waals surface area contributed by atoms with Crippen LogP contribution in [0.5, 0.6) is 0 Å². The number of para-hydroxylation sites is 1. The molecule has 2 rings (SSSR count). The van der Waals surface area contributed by atoms with Gasteiger partial charge in [0.2, 0.25) is 0 Å². The van der Waals surface area contributed by atoms with Crippen molar-refractivity contribution in [3.05, 3.63) is 44.7 Å². The number of anilines is 1. The summed E-state index contributed by atoms with van der Waals surface area (Å²) >= 11 is 0. The molecule has 0 fully saturated rings. The van der Waals surface area contributed by atoms with Crippen LogP contribution < -0.4 is 10.9 Å². The van der Waals surface area contributed by atoms with E-state index in [1.54, 1.807) is 13.0 Å². The summed E-state index contributed by atoms with van der Waals surface area (Å²) in [5.74, 6) is 0.317. The topological polar surface area (TPSA) is 77.2 Å². The first-order chi connectivity index (χ1) is 9.97. The highest BCUT2D eigenvalue weighted by atomic mass is 16.6. The van der Waals surface area contributed by atoms with Crippen LogP contribution in [0.25, 0.3) is 10.9 Å². The summed E-state index contributed by atoms with van der Waals surface area (Å²) in [6, 6.07) is 7.25. The number of aryl methyl sites for hydroxylation is 1. The summed E-state index contributed by atoms with van der Waals surface area (Å²) in [6.45, 7) is 6.78. The molecule has 1 aromatic carbocycles. The number of pyridine rings is 1. The maximum atomic E-state index is 12.4. The molecule has 0 saturated heterocycles. The highest BCUT2D eigenvalue weighted by Gasteiger charge is 2.25. The van der Waals surface area contributed by atoms with E-state index in [0.717, 1.165) is 0 Å². The average molecular weight is 289 g/mol. The quantitative estimate of drug-likeness (QED) is 0.678. The van der Waals surface area contributed by atoms with Crippen molar-refractivity contribution in [1.82, 2.24) is 4.57 Å². The van der Waals surface area contributed by atoms with Gasteiger partial charge < -0.3 is 9.88 Å². The highest BCUT2D eigenvalue weighted by molar-refractivity contribution is 5.96. The Labute approximate surface area is 122 Å². The fourth-order valence-corrected chi connectivity index (χ4v) is 2.36. The van der Waals surface area contributed by atoms with Crippen LogP contribution >= 0.6 is 0 Å². The van der Waals surface area contributed by atoms with Crippen LogP contribution in [-0.4, -0.2) is 16.0 Å². The molecule has 0 atom stereocenters. The van der Waals surface area contributed by atoms with Gasteiger partial charge in [0.05, 0.1) is 10.4 Å². The van der Waals surface area contributed by atoms with Gasteiger partial charge in [-0.1, -0.05) is 32.0 Å². The summed E-state index contributed by atoms with van der Waals surface area (Å²) in [4.78, 5) is 23.2. The van der Waals surface area contributed by atoms with Gasteiger partial charge in [0.1, 0.15) is 5.69 Å². The molecule has 1 aromatic heterocycles. The number of nitro groups is 1. The molecule has 1 N–H and O–H groups in total. The molecule has 21 heavy (non-hydrogen) atoms. The second-order valence-electron chi connectivity index (χ2n) is 5.32. The molecule has 0 unspecified atom stereocenters. The number of nitrogens with one attached hydrogen (secondary N) is 1. The molecule has 2 aromatic rings. The van der Waals surface area contributed by atoms with Crippen LogP contribution in [0.4, 0.5) is 11.4 Å². The third-order valence-corrected chi connectivity index (χ3v) is 3.33. The Morgan fingerprint density at radius 2 is 2.00 bits per heavy atom. The lowest BCUT2D eigenvalue weighted by molar-refractivity contribution is -0.385. The van der Waals surface area contributed by atoms with E-state index in [2.05, 4.69) is 5.32 Å². The molecule has 0 saturated carbocycles. The van der Waals surface area contributed by atoms with E-state index in [1.807, 2.05) is 32.0 Å². The molecule has 0 aliphatic carbocycles. The summed E-state index contributed by atoms with van der Waals surface area (Å²) in [6.07, 6.45) is 0. The van der Waals surface area contributed by atoms with E-state index >= 15 is 0 Å². The number of hydrogen-bond acceptors (Lipinski definition) is 4. The van der Waals surface area contributed by atoms with Crippen molar-refractivity contribution in [3.63, 3.8) is 0 Å². The lowest BCUT2D eigenvalue weighted by Gasteiger charge is -2.15. The zero-order chi connectivity index (χ0) is 15.6. The van der Waals surface area contributed by atoms with E-state index in [9.17, 15) is 14.9 Å². The van der Waals surface area contributed by atoms with Crippen LogP contribution in [-0.2, 0) is 6.54 Å². The minimum absolute atomic E-state index is 0.317. The maximum absolute atomic E-state index is 12.4. The monoisotopic (exact) mass is 289 g/mol. The summed E-state index contributed by atoms with van der Waals surface area (Å²) in [7, 11) is 0. The first-order valence-corrected chi connectivity index (χ1v) is 7.01. The number of aromatic nitrogens is 1. The van der Waals surface area contributed by atoms with Gasteiger partial charge in [0, 0.05) is 18.5 Å². The molecular weight excluding hydrogens is 270 g/mol. The molecule has 0 spiro atoms. The molecule has 0 bridgehead atoms. The highest BCUT2D eigenvalue weighted by Crippen LogP contribution is 2.30. The fourth-order valence-electron chi connectivity index (χ4n) is 2.36. The van der Waals surface area contributed by atoms with Crippen molar-refractivity contribution in [3.8, 4) is 0 Å². The molecule has 6 heteroatoms. The number of nitrogens with zero attached hydrogens (tertiary/aromatic N) is 2. The zero-order valence-corrected chi connectivity index (χ0v) is 12.4. The Morgan fingerprint density at radius 3 is 2.57 bits per heavy atom. The van der Waals surface area contributed by atoms with Crippen LogP contribution in [0.3, 0.4) is 0 Å². The second kappa shape index (κ2) is 5.95. The summed E-state index contributed by atoms with van der Waals surface area (Å²) in [5.41, 5.74) is 0.0875. The zero-order valence-electron chi connectivity index (χ0n) is 12.4. The van der Waals surface area contributed by atoms with Crippen LogP contribution in [0, 0.1) is 16.0 Å². The third-order valence-electron chi connectivity index (χ3n) is 3.33. The van der Waals surface area contributed by atoms with Crippen molar-refractivity contribution in [2.24, 2.45) is 5.92 Å². The van der Waals surface area contributed by atoms with Crippen molar-refractivity contribution in [1.29, 1.82) is 0 Å². The van der Waals surface area contributed by atoms with Gasteiger partial charge in [-0.05, 0) is 18.9 Å². The molecule has 0 aliphatic rings. The normalized spacial score (nSPS) is 11.0.